The van der Waals surface area contributed by atoms with Gasteiger partial charge < -0.3 is 20.1 Å². The standard InChI is InChI=1S/C20H28N2O3S/c1-4-6-7-8-13-25-16-11-9-15(10-12-16)18-17(19(23)24-5-2)14(3)21-20(26)22-18/h9-12,18H,4-8,13H2,1-3H3,(H2,21,22,26)/t18-/m1/s1. The lowest BCUT2D eigenvalue weighted by Gasteiger charge is -2.29. The van der Waals surface area contributed by atoms with Gasteiger partial charge in [-0.15, -0.1) is 0 Å². The van der Waals surface area contributed by atoms with E-state index in [1.54, 1.807) is 6.92 Å². The van der Waals surface area contributed by atoms with Crippen molar-refractivity contribution < 1.29 is 14.3 Å². The van der Waals surface area contributed by atoms with E-state index in [1.807, 2.05) is 31.2 Å². The van der Waals surface area contributed by atoms with Crippen LogP contribution in [-0.4, -0.2) is 24.3 Å². The highest BCUT2D eigenvalue weighted by atomic mass is 32.1. The molecule has 2 rings (SSSR count). The molecular formula is C20H28N2O3S. The van der Waals surface area contributed by atoms with Crippen molar-refractivity contribution in [1.82, 2.24) is 10.6 Å². The maximum Gasteiger partial charge on any atom is 0.338 e. The molecule has 6 heteroatoms. The number of hydrogen-bond acceptors (Lipinski definition) is 4. The first kappa shape index (κ1) is 20.2. The fraction of sp³-hybridized carbons (Fsp3) is 0.500. The minimum atomic E-state index is -0.339. The van der Waals surface area contributed by atoms with Crippen molar-refractivity contribution in [3.8, 4) is 5.75 Å². The third-order valence-corrected chi connectivity index (χ3v) is 4.46. The summed E-state index contributed by atoms with van der Waals surface area (Å²) in [5.41, 5.74) is 2.21. The summed E-state index contributed by atoms with van der Waals surface area (Å²) in [7, 11) is 0. The Kier molecular flexibility index (Phi) is 7.91. The number of thiocarbonyl (C=S) groups is 1. The van der Waals surface area contributed by atoms with Crippen LogP contribution in [0.4, 0.5) is 0 Å². The maximum absolute atomic E-state index is 12.4. The normalized spacial score (nSPS) is 16.7. The second kappa shape index (κ2) is 10.2. The summed E-state index contributed by atoms with van der Waals surface area (Å²) in [5.74, 6) is 0.494. The summed E-state index contributed by atoms with van der Waals surface area (Å²) in [6.07, 6.45) is 4.72. The van der Waals surface area contributed by atoms with Crippen molar-refractivity contribution in [1.29, 1.82) is 0 Å². The smallest absolute Gasteiger partial charge is 0.338 e. The van der Waals surface area contributed by atoms with E-state index in [1.165, 1.54) is 19.3 Å². The molecular weight excluding hydrogens is 348 g/mol. The topological polar surface area (TPSA) is 59.6 Å². The Hall–Kier alpha value is -2.08. The molecule has 1 aromatic carbocycles. The molecule has 0 fully saturated rings. The largest absolute Gasteiger partial charge is 0.494 e. The third-order valence-electron chi connectivity index (χ3n) is 4.24. The minimum Gasteiger partial charge on any atom is -0.494 e. The van der Waals surface area contributed by atoms with Crippen LogP contribution < -0.4 is 15.4 Å². The van der Waals surface area contributed by atoms with E-state index in [0.29, 0.717) is 23.0 Å². The Morgan fingerprint density at radius 2 is 1.88 bits per heavy atom. The minimum absolute atomic E-state index is 0.331. The summed E-state index contributed by atoms with van der Waals surface area (Å²) in [4.78, 5) is 12.4. The van der Waals surface area contributed by atoms with Crippen molar-refractivity contribution in [2.75, 3.05) is 13.2 Å². The van der Waals surface area contributed by atoms with Crippen LogP contribution in [0.1, 0.15) is 58.1 Å². The number of carbonyl (C=O) groups excluding carboxylic acids is 1. The second-order valence-electron chi connectivity index (χ2n) is 6.27. The zero-order valence-electron chi connectivity index (χ0n) is 15.8. The molecule has 142 valence electrons. The molecule has 0 aliphatic carbocycles. The molecule has 0 spiro atoms. The Bertz CT molecular complexity index is 656. The first-order valence-electron chi connectivity index (χ1n) is 9.25. The van der Waals surface area contributed by atoms with Gasteiger partial charge in [0, 0.05) is 5.70 Å². The van der Waals surface area contributed by atoms with Gasteiger partial charge in [-0.2, -0.15) is 0 Å². The van der Waals surface area contributed by atoms with Crippen LogP contribution in [0.25, 0.3) is 0 Å². The number of ether oxygens (including phenoxy) is 2. The predicted octanol–water partition coefficient (Wildman–Crippen LogP) is 4.00. The fourth-order valence-corrected chi connectivity index (χ4v) is 3.17. The lowest BCUT2D eigenvalue weighted by molar-refractivity contribution is -0.139. The molecule has 26 heavy (non-hydrogen) atoms. The van der Waals surface area contributed by atoms with Crippen LogP contribution in [0, 0.1) is 0 Å². The van der Waals surface area contributed by atoms with E-state index < -0.39 is 0 Å². The Morgan fingerprint density at radius 3 is 2.54 bits per heavy atom. The van der Waals surface area contributed by atoms with Gasteiger partial charge in [0.15, 0.2) is 5.11 Å². The van der Waals surface area contributed by atoms with Crippen LogP contribution in [0.15, 0.2) is 35.5 Å². The lowest BCUT2D eigenvalue weighted by Crippen LogP contribution is -2.45. The van der Waals surface area contributed by atoms with Crippen LogP contribution in [0.2, 0.25) is 0 Å². The van der Waals surface area contributed by atoms with Gasteiger partial charge in [-0.1, -0.05) is 38.3 Å². The summed E-state index contributed by atoms with van der Waals surface area (Å²) >= 11 is 5.25. The van der Waals surface area contributed by atoms with Crippen LogP contribution in [-0.2, 0) is 9.53 Å². The Labute approximate surface area is 161 Å². The number of unbranched alkanes of at least 4 members (excludes halogenated alkanes) is 3. The highest BCUT2D eigenvalue weighted by molar-refractivity contribution is 7.80. The van der Waals surface area contributed by atoms with Crippen molar-refractivity contribution in [3.05, 3.63) is 41.1 Å². The summed E-state index contributed by atoms with van der Waals surface area (Å²) in [5, 5.41) is 6.65. The SMILES string of the molecule is CCCCCCOc1ccc([C@H]2NC(=S)NC(C)=C2C(=O)OCC)cc1. The van der Waals surface area contributed by atoms with Gasteiger partial charge in [0.25, 0.3) is 0 Å². The van der Waals surface area contributed by atoms with Gasteiger partial charge in [0.05, 0.1) is 24.8 Å². The molecule has 1 aliphatic heterocycles. The van der Waals surface area contributed by atoms with Gasteiger partial charge in [-0.05, 0) is 50.2 Å². The summed E-state index contributed by atoms with van der Waals surface area (Å²) < 4.78 is 11.0. The van der Waals surface area contributed by atoms with Gasteiger partial charge in [-0.3, -0.25) is 0 Å². The summed E-state index contributed by atoms with van der Waals surface area (Å²) in [6.45, 7) is 6.88. The number of carbonyl (C=O) groups is 1. The van der Waals surface area contributed by atoms with Gasteiger partial charge >= 0.3 is 5.97 Å². The highest BCUT2D eigenvalue weighted by Crippen LogP contribution is 2.29. The zero-order valence-corrected chi connectivity index (χ0v) is 16.6. The zero-order chi connectivity index (χ0) is 18.9. The number of esters is 1. The molecule has 1 aromatic rings. The third kappa shape index (κ3) is 5.46. The highest BCUT2D eigenvalue weighted by Gasteiger charge is 2.30. The molecule has 5 nitrogen and oxygen atoms in total. The number of rotatable bonds is 9. The lowest BCUT2D eigenvalue weighted by atomic mass is 9.95. The van der Waals surface area contributed by atoms with Gasteiger partial charge in [-0.25, -0.2) is 4.79 Å². The Morgan fingerprint density at radius 1 is 1.15 bits per heavy atom. The molecule has 0 saturated carbocycles. The molecule has 0 bridgehead atoms. The van der Waals surface area contributed by atoms with E-state index in [0.717, 1.165) is 24.3 Å². The number of benzene rings is 1. The van der Waals surface area contributed by atoms with E-state index in [2.05, 4.69) is 17.6 Å². The van der Waals surface area contributed by atoms with Crippen LogP contribution in [0.5, 0.6) is 5.75 Å². The molecule has 1 atom stereocenters. The predicted molar refractivity (Wildman–Crippen MR) is 107 cm³/mol. The quantitative estimate of drug-likeness (QED) is 0.386. The monoisotopic (exact) mass is 376 g/mol. The van der Waals surface area contributed by atoms with Crippen molar-refractivity contribution in [2.24, 2.45) is 0 Å². The molecule has 0 radical (unpaired) electrons. The molecule has 0 aromatic heterocycles. The maximum atomic E-state index is 12.4. The number of nitrogens with one attached hydrogen (secondary N) is 2. The van der Waals surface area contributed by atoms with E-state index in [9.17, 15) is 4.79 Å². The molecule has 0 amide bonds. The molecule has 1 heterocycles. The van der Waals surface area contributed by atoms with Gasteiger partial charge in [0.2, 0.25) is 0 Å². The molecule has 0 unspecified atom stereocenters. The van der Waals surface area contributed by atoms with Crippen molar-refractivity contribution >= 4 is 23.3 Å². The second-order valence-corrected chi connectivity index (χ2v) is 6.68. The summed E-state index contributed by atoms with van der Waals surface area (Å²) in [6, 6.07) is 7.44. The van der Waals surface area contributed by atoms with Crippen LogP contribution >= 0.6 is 12.2 Å². The first-order valence-corrected chi connectivity index (χ1v) is 9.65. The van der Waals surface area contributed by atoms with E-state index >= 15 is 0 Å². The van der Waals surface area contributed by atoms with Crippen molar-refractivity contribution in [3.63, 3.8) is 0 Å². The van der Waals surface area contributed by atoms with E-state index in [4.69, 9.17) is 21.7 Å². The fourth-order valence-electron chi connectivity index (χ4n) is 2.90. The number of allylic oxidation sites excluding steroid dienone is 1. The average molecular weight is 377 g/mol. The molecule has 0 saturated heterocycles. The van der Waals surface area contributed by atoms with Gasteiger partial charge in [0.1, 0.15) is 5.75 Å². The van der Waals surface area contributed by atoms with Crippen LogP contribution in [0.3, 0.4) is 0 Å². The average Bonchev–Trinajstić information content (AvgIpc) is 2.61. The Balaban J connectivity index is 2.08. The van der Waals surface area contributed by atoms with Crippen molar-refractivity contribution in [2.45, 2.75) is 52.5 Å². The molecule has 2 N–H and O–H groups in total. The molecule has 1 aliphatic rings. The van der Waals surface area contributed by atoms with E-state index in [-0.39, 0.29) is 12.0 Å². The first-order chi connectivity index (χ1) is 12.6. The number of hydrogen-bond donors (Lipinski definition) is 2.